The molecule has 1 atom stereocenters. The Balaban J connectivity index is 1.76. The van der Waals surface area contributed by atoms with Crippen molar-refractivity contribution in [2.24, 2.45) is 0 Å². The molecule has 88 valence electrons. The van der Waals surface area contributed by atoms with Crippen LogP contribution in [-0.2, 0) is 4.79 Å². The maximum Gasteiger partial charge on any atom is 0.234 e. The normalized spacial score (nSPS) is 17.1. The summed E-state index contributed by atoms with van der Waals surface area (Å²) in [5, 5.41) is 5.99. The highest BCUT2D eigenvalue weighted by molar-refractivity contribution is 5.78. The lowest BCUT2D eigenvalue weighted by Crippen LogP contribution is -2.36. The predicted octanol–water partition coefficient (Wildman–Crippen LogP) is 0.912. The third-order valence-electron chi connectivity index (χ3n) is 2.52. The minimum atomic E-state index is -0.179. The van der Waals surface area contributed by atoms with Crippen LogP contribution in [0.15, 0.2) is 10.6 Å². The van der Waals surface area contributed by atoms with Crippen LogP contribution in [0.3, 0.4) is 0 Å². The molecule has 1 saturated carbocycles. The predicted molar refractivity (Wildman–Crippen MR) is 58.8 cm³/mol. The van der Waals surface area contributed by atoms with Gasteiger partial charge >= 0.3 is 0 Å². The van der Waals surface area contributed by atoms with E-state index in [1.807, 2.05) is 13.8 Å². The van der Waals surface area contributed by atoms with Gasteiger partial charge in [-0.3, -0.25) is 4.79 Å². The van der Waals surface area contributed by atoms with Crippen molar-refractivity contribution in [3.63, 3.8) is 0 Å². The van der Waals surface area contributed by atoms with Crippen molar-refractivity contribution < 1.29 is 9.21 Å². The van der Waals surface area contributed by atoms with Crippen molar-refractivity contribution in [3.05, 3.63) is 17.8 Å². The number of aryl methyl sites for hydroxylation is 1. The first-order valence-corrected chi connectivity index (χ1v) is 5.60. The van der Waals surface area contributed by atoms with E-state index in [4.69, 9.17) is 4.42 Å². The summed E-state index contributed by atoms with van der Waals surface area (Å²) in [6, 6.07) is 0.368. The van der Waals surface area contributed by atoms with E-state index in [-0.39, 0.29) is 11.9 Å². The van der Waals surface area contributed by atoms with Gasteiger partial charge in [0.05, 0.1) is 12.7 Å². The van der Waals surface area contributed by atoms with Gasteiger partial charge in [0.15, 0.2) is 0 Å². The number of nitrogens with one attached hydrogen (secondary N) is 2. The minimum Gasteiger partial charge on any atom is -0.444 e. The standard InChI is InChI=1S/C11H17N3O2/c1-7-5-13-11(16-7)8(2)14-10(15)6-12-9-3-4-9/h5,8-9,12H,3-4,6H2,1-2H3,(H,14,15). The molecule has 1 aromatic heterocycles. The molecule has 0 spiro atoms. The number of rotatable bonds is 5. The van der Waals surface area contributed by atoms with Gasteiger partial charge in [0.25, 0.3) is 0 Å². The molecule has 1 unspecified atom stereocenters. The number of carbonyl (C=O) groups is 1. The van der Waals surface area contributed by atoms with E-state index < -0.39 is 0 Å². The Morgan fingerprint density at radius 1 is 1.69 bits per heavy atom. The Hall–Kier alpha value is -1.36. The first kappa shape index (κ1) is 11.1. The lowest BCUT2D eigenvalue weighted by Gasteiger charge is -2.10. The average molecular weight is 223 g/mol. The molecule has 5 nitrogen and oxygen atoms in total. The largest absolute Gasteiger partial charge is 0.444 e. The molecule has 0 radical (unpaired) electrons. The smallest absolute Gasteiger partial charge is 0.234 e. The van der Waals surface area contributed by atoms with Crippen molar-refractivity contribution in [1.29, 1.82) is 0 Å². The number of nitrogens with zero attached hydrogens (tertiary/aromatic N) is 1. The van der Waals surface area contributed by atoms with E-state index in [0.29, 0.717) is 18.5 Å². The molecular weight excluding hydrogens is 206 g/mol. The summed E-state index contributed by atoms with van der Waals surface area (Å²) in [5.41, 5.74) is 0. The molecule has 0 saturated heterocycles. The molecule has 1 heterocycles. The maximum atomic E-state index is 11.5. The van der Waals surface area contributed by atoms with E-state index in [2.05, 4.69) is 15.6 Å². The van der Waals surface area contributed by atoms with Crippen molar-refractivity contribution in [2.45, 2.75) is 38.8 Å². The second kappa shape index (κ2) is 4.65. The topological polar surface area (TPSA) is 67.2 Å². The molecule has 2 N–H and O–H groups in total. The fourth-order valence-electron chi connectivity index (χ4n) is 1.45. The maximum absolute atomic E-state index is 11.5. The van der Waals surface area contributed by atoms with Crippen LogP contribution in [0.2, 0.25) is 0 Å². The van der Waals surface area contributed by atoms with Gasteiger partial charge in [-0.2, -0.15) is 0 Å². The summed E-state index contributed by atoms with van der Waals surface area (Å²) in [6.07, 6.45) is 4.02. The van der Waals surface area contributed by atoms with E-state index in [1.165, 1.54) is 12.8 Å². The van der Waals surface area contributed by atoms with E-state index in [9.17, 15) is 4.79 Å². The highest BCUT2D eigenvalue weighted by Gasteiger charge is 2.22. The minimum absolute atomic E-state index is 0.0183. The highest BCUT2D eigenvalue weighted by atomic mass is 16.4. The number of carbonyl (C=O) groups excluding carboxylic acids is 1. The van der Waals surface area contributed by atoms with Crippen molar-refractivity contribution >= 4 is 5.91 Å². The fraction of sp³-hybridized carbons (Fsp3) is 0.636. The van der Waals surface area contributed by atoms with E-state index >= 15 is 0 Å². The molecule has 1 fully saturated rings. The molecule has 0 bridgehead atoms. The third kappa shape index (κ3) is 3.06. The van der Waals surface area contributed by atoms with Gasteiger partial charge in [-0.25, -0.2) is 4.98 Å². The molecule has 0 aliphatic heterocycles. The van der Waals surface area contributed by atoms with Crippen LogP contribution in [0.1, 0.15) is 37.5 Å². The van der Waals surface area contributed by atoms with Gasteiger partial charge in [-0.15, -0.1) is 0 Å². The molecule has 1 aliphatic carbocycles. The molecule has 1 aliphatic rings. The molecule has 16 heavy (non-hydrogen) atoms. The summed E-state index contributed by atoms with van der Waals surface area (Å²) < 4.78 is 5.34. The van der Waals surface area contributed by atoms with Gasteiger partial charge in [-0.05, 0) is 26.7 Å². The average Bonchev–Trinajstić information content (AvgIpc) is 2.97. The Labute approximate surface area is 94.6 Å². The van der Waals surface area contributed by atoms with Crippen molar-refractivity contribution in [1.82, 2.24) is 15.6 Å². The SMILES string of the molecule is Cc1cnc(C(C)NC(=O)CNC2CC2)o1. The monoisotopic (exact) mass is 223 g/mol. The van der Waals surface area contributed by atoms with Gasteiger partial charge < -0.3 is 15.1 Å². The molecule has 1 amide bonds. The van der Waals surface area contributed by atoms with Gasteiger partial charge in [0.2, 0.25) is 11.8 Å². The zero-order valence-electron chi connectivity index (χ0n) is 9.62. The number of oxazole rings is 1. The van der Waals surface area contributed by atoms with Crippen LogP contribution in [0.25, 0.3) is 0 Å². The Morgan fingerprint density at radius 2 is 2.44 bits per heavy atom. The van der Waals surface area contributed by atoms with Crippen LogP contribution in [-0.4, -0.2) is 23.5 Å². The zero-order chi connectivity index (χ0) is 11.5. The summed E-state index contributed by atoms with van der Waals surface area (Å²) >= 11 is 0. The second-order valence-corrected chi connectivity index (χ2v) is 4.25. The first-order valence-electron chi connectivity index (χ1n) is 5.60. The van der Waals surface area contributed by atoms with Crippen LogP contribution in [0.4, 0.5) is 0 Å². The molecule has 5 heteroatoms. The fourth-order valence-corrected chi connectivity index (χ4v) is 1.45. The first-order chi connectivity index (χ1) is 7.65. The highest BCUT2D eigenvalue weighted by Crippen LogP contribution is 2.18. The Kier molecular flexibility index (Phi) is 3.24. The van der Waals surface area contributed by atoms with E-state index in [0.717, 1.165) is 5.76 Å². The van der Waals surface area contributed by atoms with Gasteiger partial charge in [0.1, 0.15) is 11.8 Å². The number of hydrogen-bond acceptors (Lipinski definition) is 4. The van der Waals surface area contributed by atoms with Crippen LogP contribution in [0, 0.1) is 6.92 Å². The van der Waals surface area contributed by atoms with Crippen molar-refractivity contribution in [3.8, 4) is 0 Å². The summed E-state index contributed by atoms with van der Waals surface area (Å²) in [5.74, 6) is 1.29. The molecule has 1 aromatic rings. The van der Waals surface area contributed by atoms with Crippen molar-refractivity contribution in [2.75, 3.05) is 6.54 Å². The summed E-state index contributed by atoms with van der Waals surface area (Å²) in [7, 11) is 0. The zero-order valence-corrected chi connectivity index (χ0v) is 9.62. The van der Waals surface area contributed by atoms with E-state index in [1.54, 1.807) is 6.20 Å². The van der Waals surface area contributed by atoms with Crippen LogP contribution < -0.4 is 10.6 Å². The molecular formula is C11H17N3O2. The summed E-state index contributed by atoms with van der Waals surface area (Å²) in [4.78, 5) is 15.6. The number of amides is 1. The van der Waals surface area contributed by atoms with Crippen LogP contribution in [0.5, 0.6) is 0 Å². The second-order valence-electron chi connectivity index (χ2n) is 4.25. The third-order valence-corrected chi connectivity index (χ3v) is 2.52. The number of hydrogen-bond donors (Lipinski definition) is 2. The number of aromatic nitrogens is 1. The van der Waals surface area contributed by atoms with Gasteiger partial charge in [-0.1, -0.05) is 0 Å². The Morgan fingerprint density at radius 3 is 3.00 bits per heavy atom. The summed E-state index contributed by atoms with van der Waals surface area (Å²) in [6.45, 7) is 4.06. The van der Waals surface area contributed by atoms with Gasteiger partial charge in [0, 0.05) is 6.04 Å². The molecule has 2 rings (SSSR count). The molecule has 0 aromatic carbocycles. The lowest BCUT2D eigenvalue weighted by atomic mass is 10.3. The quantitative estimate of drug-likeness (QED) is 0.778. The Bertz CT molecular complexity index is 371. The van der Waals surface area contributed by atoms with Crippen LogP contribution >= 0.6 is 0 Å². The lowest BCUT2D eigenvalue weighted by molar-refractivity contribution is -0.121.